The van der Waals surface area contributed by atoms with Crippen LogP contribution in [0.1, 0.15) is 54.8 Å². The molecule has 1 saturated carbocycles. The number of anilines is 1. The Labute approximate surface area is 199 Å². The minimum atomic E-state index is -4.45. The first kappa shape index (κ1) is 23.6. The molecule has 174 valence electrons. The summed E-state index contributed by atoms with van der Waals surface area (Å²) in [5.74, 6) is 0.0645. The van der Waals surface area contributed by atoms with Crippen molar-refractivity contribution in [1.29, 1.82) is 0 Å². The highest BCUT2D eigenvalue weighted by molar-refractivity contribution is 14.2. The standard InChI is InChI=1S/C24H23F3IN3O2/c25-24(26,27)21-10-9-20(14-29-21)31-23-28-12-19(13-30-23)18-7-5-17(6-8-18)16-3-1-15(2-4-16)11-22(32)33/h5-10,12-16H,1-4,11H2,(H,30,31)(H,32,33). The predicted molar refractivity (Wildman–Crippen MR) is 132 cm³/mol. The molecule has 2 heterocycles. The molecule has 2 N–H and O–H groups in total. The van der Waals surface area contributed by atoms with Crippen molar-refractivity contribution in [2.24, 2.45) is 10.9 Å². The fourth-order valence-electron chi connectivity index (χ4n) is 4.14. The van der Waals surface area contributed by atoms with Gasteiger partial charge in [-0.05, 0) is 85.6 Å². The summed E-state index contributed by atoms with van der Waals surface area (Å²) in [6.07, 6.45) is 2.73. The number of aromatic nitrogens is 1. The second-order valence-corrected chi connectivity index (χ2v) is 10.5. The summed E-state index contributed by atoms with van der Waals surface area (Å²) < 4.78 is 40.8. The number of carbonyl (C=O) groups is 1. The quantitative estimate of drug-likeness (QED) is 0.393. The minimum absolute atomic E-state index is 0.269. The number of alkyl halides is 3. The Kier molecular flexibility index (Phi) is 7.26. The van der Waals surface area contributed by atoms with Gasteiger partial charge in [0.25, 0.3) is 0 Å². The van der Waals surface area contributed by atoms with E-state index in [1.54, 1.807) is 6.21 Å². The molecular formula is C24H23F3IN3O2. The summed E-state index contributed by atoms with van der Waals surface area (Å²) in [7, 11) is 0. The van der Waals surface area contributed by atoms with E-state index >= 15 is 0 Å². The topological polar surface area (TPSA) is 74.6 Å². The molecule has 0 unspecified atom stereocenters. The molecule has 0 radical (unpaired) electrons. The fourth-order valence-corrected chi connectivity index (χ4v) is 6.06. The van der Waals surface area contributed by atoms with E-state index in [2.05, 4.69) is 43.6 Å². The van der Waals surface area contributed by atoms with Crippen molar-refractivity contribution in [2.75, 3.05) is 5.32 Å². The highest BCUT2D eigenvalue weighted by Gasteiger charge is 2.32. The molecule has 0 bridgehead atoms. The van der Waals surface area contributed by atoms with Crippen molar-refractivity contribution >= 4 is 47.9 Å². The van der Waals surface area contributed by atoms with Gasteiger partial charge in [-0.2, -0.15) is 13.2 Å². The first-order valence-corrected chi connectivity index (χ1v) is 13.0. The van der Waals surface area contributed by atoms with Crippen LogP contribution in [0.5, 0.6) is 0 Å². The number of aliphatic carboxylic acids is 1. The molecule has 0 spiro atoms. The molecule has 2 aliphatic rings. The molecule has 1 aliphatic carbocycles. The van der Waals surface area contributed by atoms with Crippen LogP contribution in [0.15, 0.2) is 51.7 Å². The van der Waals surface area contributed by atoms with Crippen LogP contribution in [-0.2, 0) is 11.0 Å². The van der Waals surface area contributed by atoms with Gasteiger partial charge in [0.15, 0.2) is 3.76 Å². The highest BCUT2D eigenvalue weighted by Crippen LogP contribution is 2.37. The Bertz CT molecular complexity index is 1090. The molecule has 2 aromatic rings. The maximum absolute atomic E-state index is 12.6. The number of carboxylic acids is 1. The van der Waals surface area contributed by atoms with Crippen molar-refractivity contribution in [3.63, 3.8) is 0 Å². The maximum atomic E-state index is 12.6. The highest BCUT2D eigenvalue weighted by atomic mass is 127. The molecule has 4 rings (SSSR count). The van der Waals surface area contributed by atoms with Gasteiger partial charge in [-0.1, -0.05) is 24.3 Å². The van der Waals surface area contributed by atoms with Gasteiger partial charge >= 0.3 is 12.1 Å². The summed E-state index contributed by atoms with van der Waals surface area (Å²) >= 11 is -0.560. The number of nitrogens with zero attached hydrogens (tertiary/aromatic N) is 2. The van der Waals surface area contributed by atoms with Gasteiger partial charge in [0.1, 0.15) is 5.69 Å². The third-order valence-electron chi connectivity index (χ3n) is 5.92. The number of hydrogen-bond acceptors (Lipinski definition) is 4. The van der Waals surface area contributed by atoms with Crippen LogP contribution in [0.3, 0.4) is 0 Å². The molecule has 1 aliphatic heterocycles. The lowest BCUT2D eigenvalue weighted by Gasteiger charge is -2.28. The number of carboxylic acid groups (broad SMARTS) is 1. The van der Waals surface area contributed by atoms with Crippen molar-refractivity contribution < 1.29 is 23.1 Å². The number of pyridine rings is 1. The van der Waals surface area contributed by atoms with E-state index in [9.17, 15) is 18.0 Å². The number of benzene rings is 1. The van der Waals surface area contributed by atoms with E-state index < -0.39 is 38.6 Å². The van der Waals surface area contributed by atoms with Gasteiger partial charge in [-0.25, -0.2) is 9.98 Å². The van der Waals surface area contributed by atoms with Crippen LogP contribution in [0.2, 0.25) is 0 Å². The number of allylic oxidation sites excluding steroid dienone is 1. The molecule has 5 nitrogen and oxygen atoms in total. The normalized spacial score (nSPS) is 20.9. The van der Waals surface area contributed by atoms with Gasteiger partial charge in [0.05, 0.1) is 11.9 Å². The lowest BCUT2D eigenvalue weighted by Crippen LogP contribution is -2.16. The second kappa shape index (κ2) is 10.1. The van der Waals surface area contributed by atoms with E-state index in [1.165, 1.54) is 17.8 Å². The zero-order chi connectivity index (χ0) is 23.4. The molecule has 0 saturated heterocycles. The Morgan fingerprint density at radius 2 is 1.82 bits per heavy atom. The number of rotatable bonds is 6. The third kappa shape index (κ3) is 6.27. The zero-order valence-electron chi connectivity index (χ0n) is 17.6. The molecular weight excluding hydrogens is 546 g/mol. The molecule has 1 aromatic carbocycles. The average Bonchev–Trinajstić information content (AvgIpc) is 2.80. The van der Waals surface area contributed by atoms with Crippen LogP contribution in [0.4, 0.5) is 18.9 Å². The summed E-state index contributed by atoms with van der Waals surface area (Å²) in [5, 5.41) is 12.0. The van der Waals surface area contributed by atoms with E-state index in [4.69, 9.17) is 5.11 Å². The Balaban J connectivity index is 1.35. The molecule has 0 amide bonds. The van der Waals surface area contributed by atoms with Crippen molar-refractivity contribution in [3.8, 4) is 0 Å². The predicted octanol–water partition coefficient (Wildman–Crippen LogP) is 6.44. The fraction of sp³-hybridized carbons (Fsp3) is 0.333. The van der Waals surface area contributed by atoms with Crippen LogP contribution in [0.25, 0.3) is 5.57 Å². The molecule has 1 fully saturated rings. The van der Waals surface area contributed by atoms with Crippen LogP contribution in [-0.4, -0.2) is 26.0 Å². The van der Waals surface area contributed by atoms with Gasteiger partial charge < -0.3 is 10.4 Å². The van der Waals surface area contributed by atoms with Crippen molar-refractivity contribution in [1.82, 2.24) is 4.98 Å². The lowest BCUT2D eigenvalue weighted by atomic mass is 9.77. The zero-order valence-corrected chi connectivity index (χ0v) is 19.8. The Morgan fingerprint density at radius 3 is 2.36 bits per heavy atom. The summed E-state index contributed by atoms with van der Waals surface area (Å²) in [6.45, 7) is 0. The van der Waals surface area contributed by atoms with Gasteiger partial charge in [0.2, 0.25) is 0 Å². The molecule has 9 heteroatoms. The lowest BCUT2D eigenvalue weighted by molar-refractivity contribution is -0.141. The van der Waals surface area contributed by atoms with Gasteiger partial charge in [-0.3, -0.25) is 4.79 Å². The number of halogens is 4. The van der Waals surface area contributed by atoms with Gasteiger partial charge in [-0.15, -0.1) is 0 Å². The first-order chi connectivity index (χ1) is 15.8. The number of nitrogens with one attached hydrogen (secondary N) is 1. The van der Waals surface area contributed by atoms with Crippen molar-refractivity contribution in [2.45, 2.75) is 44.2 Å². The maximum Gasteiger partial charge on any atom is 0.433 e. The van der Waals surface area contributed by atoms with E-state index in [1.807, 2.05) is 0 Å². The Morgan fingerprint density at radius 1 is 1.09 bits per heavy atom. The van der Waals surface area contributed by atoms with Crippen LogP contribution in [0, 0.1) is 5.92 Å². The summed E-state index contributed by atoms with van der Waals surface area (Å²) in [5.41, 5.74) is 2.97. The monoisotopic (exact) mass is 569 g/mol. The van der Waals surface area contributed by atoms with E-state index in [-0.39, 0.29) is 6.42 Å². The SMILES string of the molecule is O=C(O)CC1CCC(c2ccc(C3=CI=C(Nc4ccc(C(F)(F)F)nc4)N=C3)cc2)CC1. The number of aliphatic imine (C=N–C) groups is 1. The molecule has 0 atom stereocenters. The van der Waals surface area contributed by atoms with Crippen LogP contribution < -0.4 is 5.32 Å². The largest absolute Gasteiger partial charge is 0.481 e. The molecule has 1 aromatic heterocycles. The van der Waals surface area contributed by atoms with Crippen molar-refractivity contribution in [3.05, 3.63) is 63.5 Å². The average molecular weight is 569 g/mol. The van der Waals surface area contributed by atoms with E-state index in [0.717, 1.165) is 46.6 Å². The third-order valence-corrected chi connectivity index (χ3v) is 8.04. The van der Waals surface area contributed by atoms with Gasteiger partial charge in [0, 0.05) is 18.2 Å². The minimum Gasteiger partial charge on any atom is -0.481 e. The molecule has 33 heavy (non-hydrogen) atoms. The first-order valence-electron chi connectivity index (χ1n) is 10.6. The smallest absolute Gasteiger partial charge is 0.433 e. The van der Waals surface area contributed by atoms with E-state index in [0.29, 0.717) is 17.5 Å². The number of hydrogen-bond donors (Lipinski definition) is 2. The summed E-state index contributed by atoms with van der Waals surface area (Å²) in [6, 6.07) is 10.8. The Hall–Kier alpha value is -2.56. The summed E-state index contributed by atoms with van der Waals surface area (Å²) in [4.78, 5) is 18.8. The second-order valence-electron chi connectivity index (χ2n) is 8.21. The van der Waals surface area contributed by atoms with Crippen LogP contribution >= 0.6 is 20.7 Å².